The highest BCUT2D eigenvalue weighted by atomic mass is 16.8. The second-order valence-electron chi connectivity index (χ2n) is 22.4. The lowest BCUT2D eigenvalue weighted by atomic mass is 9.93. The van der Waals surface area contributed by atoms with Gasteiger partial charge in [0.2, 0.25) is 0 Å². The van der Waals surface area contributed by atoms with Crippen LogP contribution in [0.1, 0.15) is 119 Å². The summed E-state index contributed by atoms with van der Waals surface area (Å²) in [6.07, 6.45) is -29.9. The fourth-order valence-electron chi connectivity index (χ4n) is 11.1. The fraction of sp³-hybridized carbons (Fsp3) is 0.946. The predicted molar refractivity (Wildman–Crippen MR) is 310 cm³/mol. The molecule has 0 amide bonds. The highest BCUT2D eigenvalue weighted by Crippen LogP contribution is 2.40. The number of ether oxygens (including phenoxy) is 16. The van der Waals surface area contributed by atoms with Crippen LogP contribution in [-0.2, 0) is 90.2 Å². The van der Waals surface area contributed by atoms with Crippen molar-refractivity contribution in [2.24, 2.45) is 15.3 Å². The Kier molecular flexibility index (Phi) is 34.7. The number of rotatable bonds is 42. The SMILES string of the molecule is CCCCOC1[C@H](O[C@H]2OC(CO)[C@@H](OCCCC)[C@H](OCCCC)C2N=[N+]=[N-])C(C(=O)C(=O)O)O[C@@H](O[C@@H]2C(CO)O[C@H](O[C@@H]3C(C(=O)O)O[C@@H](O[C@@H]4C(CO)O[C@H](OC)C(N=[N+]=[N-])[C@H]4OCCCC)C(O)[C@H]3OCCCC)C(N=[N+]=[N-])[C@H]2O)[C@H]1OCCCC. The zero-order valence-corrected chi connectivity index (χ0v) is 52.7. The Hall–Kier alpha value is -4.30. The van der Waals surface area contributed by atoms with E-state index in [9.17, 15) is 66.7 Å². The highest BCUT2D eigenvalue weighted by Gasteiger charge is 2.60. The minimum atomic E-state index is -2.20. The number of carboxylic acids is 2. The van der Waals surface area contributed by atoms with Crippen molar-refractivity contribution < 1.29 is 126 Å². The van der Waals surface area contributed by atoms with Gasteiger partial charge in [0.05, 0.1) is 38.1 Å². The summed E-state index contributed by atoms with van der Waals surface area (Å²) in [6.45, 7) is 9.18. The second-order valence-corrected chi connectivity index (χ2v) is 22.4. The number of aliphatic hydroxyl groups is 5. The average molecular weight is 1310 g/mol. The average Bonchev–Trinajstić information content (AvgIpc) is 1.10. The van der Waals surface area contributed by atoms with Crippen LogP contribution in [0, 0.1) is 0 Å². The van der Waals surface area contributed by atoms with E-state index in [1.54, 1.807) is 0 Å². The summed E-state index contributed by atoms with van der Waals surface area (Å²) in [6, 6.07) is -4.58. The third kappa shape index (κ3) is 20.6. The number of aliphatic hydroxyl groups excluding tert-OH is 5. The van der Waals surface area contributed by atoms with Gasteiger partial charge >= 0.3 is 11.9 Å². The summed E-state index contributed by atoms with van der Waals surface area (Å²) in [5.74, 6) is -5.33. The molecule has 91 heavy (non-hydrogen) atoms. The summed E-state index contributed by atoms with van der Waals surface area (Å²) in [4.78, 5) is 49.3. The van der Waals surface area contributed by atoms with Crippen molar-refractivity contribution in [2.75, 3.05) is 66.6 Å². The third-order valence-corrected chi connectivity index (χ3v) is 15.9. The van der Waals surface area contributed by atoms with E-state index in [-0.39, 0.29) is 39.6 Å². The molecule has 5 heterocycles. The lowest BCUT2D eigenvalue weighted by Gasteiger charge is -2.51. The van der Waals surface area contributed by atoms with Gasteiger partial charge in [0.25, 0.3) is 5.78 Å². The Bertz CT molecular complexity index is 2310. The molecule has 35 heteroatoms. The number of nitrogens with zero attached hydrogens (tertiary/aromatic N) is 9. The quantitative estimate of drug-likeness (QED) is 0.0151. The van der Waals surface area contributed by atoms with E-state index in [1.165, 1.54) is 7.11 Å². The second kappa shape index (κ2) is 40.8. The van der Waals surface area contributed by atoms with Gasteiger partial charge in [-0.3, -0.25) is 4.79 Å². The maximum atomic E-state index is 14.1. The first kappa shape index (κ1) is 77.4. The van der Waals surface area contributed by atoms with Gasteiger partial charge in [-0.15, -0.1) is 0 Å². The van der Waals surface area contributed by atoms with E-state index in [2.05, 4.69) is 30.1 Å². The number of ketones is 1. The van der Waals surface area contributed by atoms with E-state index in [4.69, 9.17) is 75.8 Å². The Labute approximate surface area is 527 Å². The van der Waals surface area contributed by atoms with E-state index in [0.717, 1.165) is 6.42 Å². The van der Waals surface area contributed by atoms with Crippen LogP contribution >= 0.6 is 0 Å². The van der Waals surface area contributed by atoms with Gasteiger partial charge in [0.1, 0.15) is 91.4 Å². The lowest BCUT2D eigenvalue weighted by molar-refractivity contribution is -0.380. The number of carbonyl (C=O) groups excluding carboxylic acids is 1. The number of hydrogen-bond acceptors (Lipinski definition) is 27. The molecule has 0 aliphatic carbocycles. The van der Waals surface area contributed by atoms with E-state index in [1.807, 2.05) is 41.5 Å². The Balaban J connectivity index is 1.54. The summed E-state index contributed by atoms with van der Waals surface area (Å²) < 4.78 is 99.5. The van der Waals surface area contributed by atoms with Crippen molar-refractivity contribution in [1.29, 1.82) is 0 Å². The maximum Gasteiger partial charge on any atom is 0.375 e. The minimum Gasteiger partial charge on any atom is -0.479 e. The molecule has 5 aliphatic heterocycles. The van der Waals surface area contributed by atoms with Crippen LogP contribution in [0.25, 0.3) is 31.3 Å². The van der Waals surface area contributed by atoms with Crippen LogP contribution < -0.4 is 0 Å². The molecule has 0 bridgehead atoms. The number of methoxy groups -OCH3 is 1. The molecule has 520 valence electrons. The largest absolute Gasteiger partial charge is 0.479 e. The maximum absolute atomic E-state index is 14.1. The summed E-state index contributed by atoms with van der Waals surface area (Å²) in [5, 5.41) is 89.9. The van der Waals surface area contributed by atoms with Gasteiger partial charge in [0.15, 0.2) is 43.7 Å². The molecule has 0 spiro atoms. The number of carbonyl (C=O) groups is 3. The zero-order valence-electron chi connectivity index (χ0n) is 52.7. The molecule has 5 aliphatic rings. The van der Waals surface area contributed by atoms with Gasteiger partial charge in [-0.1, -0.05) is 95.4 Å². The normalized spacial score (nSPS) is 36.8. The van der Waals surface area contributed by atoms with Crippen molar-refractivity contribution in [3.05, 3.63) is 31.3 Å². The van der Waals surface area contributed by atoms with Crippen molar-refractivity contribution >= 4 is 17.7 Å². The smallest absolute Gasteiger partial charge is 0.375 e. The van der Waals surface area contributed by atoms with Gasteiger partial charge < -0.3 is 112 Å². The fourth-order valence-corrected chi connectivity index (χ4v) is 11.1. The van der Waals surface area contributed by atoms with Crippen LogP contribution in [0.4, 0.5) is 0 Å². The molecule has 5 fully saturated rings. The Morgan fingerprint density at radius 1 is 0.407 bits per heavy atom. The molecule has 7 N–H and O–H groups in total. The molecule has 10 unspecified atom stereocenters. The first-order valence-electron chi connectivity index (χ1n) is 31.5. The zero-order chi connectivity index (χ0) is 66.6. The molecule has 0 radical (unpaired) electrons. The highest BCUT2D eigenvalue weighted by molar-refractivity contribution is 6.34. The van der Waals surface area contributed by atoms with Gasteiger partial charge in [-0.05, 0) is 55.1 Å². The number of hydrogen-bond donors (Lipinski definition) is 7. The molecular formula is C56H95N9O26. The van der Waals surface area contributed by atoms with Crippen molar-refractivity contribution in [1.82, 2.24) is 0 Å². The molecule has 0 aromatic heterocycles. The number of carboxylic acid groups (broad SMARTS) is 2. The molecule has 0 saturated carbocycles. The van der Waals surface area contributed by atoms with Crippen LogP contribution in [-0.4, -0.2) is 273 Å². The van der Waals surface area contributed by atoms with Crippen LogP contribution in [0.5, 0.6) is 0 Å². The van der Waals surface area contributed by atoms with Crippen LogP contribution in [0.15, 0.2) is 15.3 Å². The monoisotopic (exact) mass is 1310 g/mol. The number of aliphatic carboxylic acids is 2. The molecule has 0 aromatic carbocycles. The van der Waals surface area contributed by atoms with Crippen molar-refractivity contribution in [3.8, 4) is 0 Å². The topological polar surface area (TPSA) is 487 Å². The third-order valence-electron chi connectivity index (χ3n) is 15.9. The number of unbranched alkanes of at least 4 members (excludes halogenated alkanes) is 6. The molecule has 35 nitrogen and oxygen atoms in total. The van der Waals surface area contributed by atoms with Gasteiger partial charge in [0, 0.05) is 61.5 Å². The predicted octanol–water partition coefficient (Wildman–Crippen LogP) is 3.38. The van der Waals surface area contributed by atoms with Crippen molar-refractivity contribution in [3.63, 3.8) is 0 Å². The Morgan fingerprint density at radius 2 is 0.769 bits per heavy atom. The number of Topliss-reactive ketones (excluding diaryl/α,β-unsaturated/α-hetero) is 1. The first-order chi connectivity index (χ1) is 44.1. The first-order valence-corrected chi connectivity index (χ1v) is 31.5. The summed E-state index contributed by atoms with van der Waals surface area (Å²) >= 11 is 0. The standard InChI is InChI=1S/C56H95N9O26/c1-8-14-20-77-39-30(27-67)85-54(34(62-65-59)41(39)78-21-15-9-2)90-47-44(36(70)50(72)73)88-56(49(82-25-19-13-6)45(47)81-24-18-12-5)86-38-29(26-66)84-53(32(35(38)69)60-63-57)89-46-43(80-23-17-11-4)37(71)55(91-48(46)51(74)75)87-40-31(28-68)83-52(76-7)33(61-64-58)42(40)79-22-16-10-3/h29-35,37-49,52-56,66-69,71H,8-28H2,1-7H3,(H,72,73)(H,74,75)/t29?,30?,31?,32?,33?,34?,35-,37?,38-,39-,40-,41-,42-,43-,44?,45?,46+,47-,48?,49+,52+,53-,54-,55-,56-/m1/s1. The number of azide groups is 3. The summed E-state index contributed by atoms with van der Waals surface area (Å²) in [5.41, 5.74) is 29.6. The van der Waals surface area contributed by atoms with Gasteiger partial charge in [-0.25, -0.2) is 9.59 Å². The molecule has 5 saturated heterocycles. The van der Waals surface area contributed by atoms with E-state index >= 15 is 0 Å². The van der Waals surface area contributed by atoms with Crippen molar-refractivity contribution in [2.45, 2.75) is 272 Å². The minimum absolute atomic E-state index is 0.0492. The molecule has 25 atom stereocenters. The summed E-state index contributed by atoms with van der Waals surface area (Å²) in [7, 11) is 1.28. The van der Waals surface area contributed by atoms with Crippen LogP contribution in [0.2, 0.25) is 0 Å². The Morgan fingerprint density at radius 3 is 1.23 bits per heavy atom. The molecule has 0 aromatic rings. The van der Waals surface area contributed by atoms with E-state index in [0.29, 0.717) is 70.6 Å². The molecule has 5 rings (SSSR count). The van der Waals surface area contributed by atoms with Gasteiger partial charge in [-0.2, -0.15) is 0 Å². The lowest BCUT2D eigenvalue weighted by Crippen LogP contribution is -2.69. The van der Waals surface area contributed by atoms with Crippen LogP contribution in [0.3, 0.4) is 0 Å². The van der Waals surface area contributed by atoms with E-state index < -0.39 is 191 Å². The molecular weight excluding hydrogens is 1210 g/mol.